The van der Waals surface area contributed by atoms with E-state index in [1.54, 1.807) is 6.92 Å². The minimum atomic E-state index is -1.37. The molecule has 0 aromatic carbocycles. The van der Waals surface area contributed by atoms with Crippen molar-refractivity contribution < 1.29 is 63.9 Å². The molecular weight excluding hydrogens is 269 g/mol. The summed E-state index contributed by atoms with van der Waals surface area (Å²) < 4.78 is 15.4. The van der Waals surface area contributed by atoms with Crippen LogP contribution < -0.4 is 34.7 Å². The van der Waals surface area contributed by atoms with Gasteiger partial charge in [0, 0.05) is 6.92 Å². The monoisotopic (exact) mass is 283 g/mol. The summed E-state index contributed by atoms with van der Waals surface area (Å²) in [6.45, 7) is 0.827. The number of aliphatic hydroxyl groups is 2. The fourth-order valence-electron chi connectivity index (χ4n) is 1.96. The summed E-state index contributed by atoms with van der Waals surface area (Å²) in [6, 6.07) is -0.669. The number of ether oxygens (including phenoxy) is 3. The number of carbonyl (C=O) groups excluding carboxylic acids is 1. The molecule has 0 aromatic heterocycles. The summed E-state index contributed by atoms with van der Waals surface area (Å²) in [7, 11) is 0. The molecule has 0 bridgehead atoms. The standard InChI is InChI=1S/C10H15NO7.Na/c1-4-11-7-9(15)8(14)5(18-10(7)17-4)2-16-3-6(12)13;/h5,7-10,14-15H,2-3H2,1H3,(H,12,13);/q;+1/p-1/t5-,7-,8-,9-,10+;/m1./s1. The Bertz CT molecular complexity index is 364. The van der Waals surface area contributed by atoms with Crippen LogP contribution in [-0.2, 0) is 19.0 Å². The van der Waals surface area contributed by atoms with Gasteiger partial charge in [0.25, 0.3) is 0 Å². The van der Waals surface area contributed by atoms with Gasteiger partial charge in [0.05, 0.1) is 19.2 Å². The molecular formula is C10H14NNaO7. The van der Waals surface area contributed by atoms with Crippen molar-refractivity contribution >= 4 is 11.9 Å². The summed E-state index contributed by atoms with van der Waals surface area (Å²) in [6.07, 6.45) is -4.01. The van der Waals surface area contributed by atoms with E-state index in [2.05, 4.69) is 4.99 Å². The fraction of sp³-hybridized carbons (Fsp3) is 0.800. The number of carbonyl (C=O) groups is 1. The number of aliphatic imine (C=N–C) groups is 1. The topological polar surface area (TPSA) is 121 Å². The van der Waals surface area contributed by atoms with E-state index in [9.17, 15) is 20.1 Å². The number of hydrogen-bond donors (Lipinski definition) is 2. The van der Waals surface area contributed by atoms with Crippen molar-refractivity contribution in [2.75, 3.05) is 13.2 Å². The molecule has 102 valence electrons. The van der Waals surface area contributed by atoms with Crippen molar-refractivity contribution in [1.82, 2.24) is 0 Å². The van der Waals surface area contributed by atoms with Gasteiger partial charge in [0.15, 0.2) is 5.90 Å². The fourth-order valence-corrected chi connectivity index (χ4v) is 1.96. The van der Waals surface area contributed by atoms with Crippen molar-refractivity contribution in [2.45, 2.75) is 37.6 Å². The van der Waals surface area contributed by atoms with Crippen molar-refractivity contribution in [3.8, 4) is 0 Å². The van der Waals surface area contributed by atoms with Crippen LogP contribution >= 0.6 is 0 Å². The van der Waals surface area contributed by atoms with E-state index >= 15 is 0 Å². The van der Waals surface area contributed by atoms with Gasteiger partial charge in [0.2, 0.25) is 6.29 Å². The van der Waals surface area contributed by atoms with Gasteiger partial charge in [-0.3, -0.25) is 0 Å². The molecule has 1 fully saturated rings. The van der Waals surface area contributed by atoms with Gasteiger partial charge in [0.1, 0.15) is 24.4 Å². The van der Waals surface area contributed by atoms with Gasteiger partial charge in [-0.25, -0.2) is 4.99 Å². The number of aliphatic carboxylic acids is 1. The first-order chi connectivity index (χ1) is 8.49. The smallest absolute Gasteiger partial charge is 0.548 e. The Kier molecular flexibility index (Phi) is 6.18. The van der Waals surface area contributed by atoms with Crippen molar-refractivity contribution in [2.24, 2.45) is 4.99 Å². The number of rotatable bonds is 4. The Balaban J connectivity index is 0.00000180. The molecule has 0 spiro atoms. The van der Waals surface area contributed by atoms with Crippen LogP contribution in [0.3, 0.4) is 0 Å². The van der Waals surface area contributed by atoms with Crippen LogP contribution in [-0.4, -0.2) is 65.9 Å². The maximum Gasteiger partial charge on any atom is 1.00 e. The van der Waals surface area contributed by atoms with E-state index in [4.69, 9.17) is 14.2 Å². The predicted molar refractivity (Wildman–Crippen MR) is 54.5 cm³/mol. The molecule has 0 aliphatic carbocycles. The quantitative estimate of drug-likeness (QED) is 0.493. The minimum Gasteiger partial charge on any atom is -0.548 e. The second kappa shape index (κ2) is 6.98. The normalized spacial score (nSPS) is 36.8. The predicted octanol–water partition coefficient (Wildman–Crippen LogP) is -5.98. The second-order valence-corrected chi connectivity index (χ2v) is 4.17. The van der Waals surface area contributed by atoms with E-state index in [0.29, 0.717) is 5.90 Å². The maximum absolute atomic E-state index is 10.2. The summed E-state index contributed by atoms with van der Waals surface area (Å²) >= 11 is 0. The Morgan fingerprint density at radius 3 is 2.79 bits per heavy atom. The number of carboxylic acid groups (broad SMARTS) is 1. The molecule has 0 aromatic rings. The Morgan fingerprint density at radius 1 is 1.47 bits per heavy atom. The van der Waals surface area contributed by atoms with E-state index in [0.717, 1.165) is 0 Å². The largest absolute Gasteiger partial charge is 1.00 e. The molecule has 1 saturated heterocycles. The van der Waals surface area contributed by atoms with E-state index < -0.39 is 43.2 Å². The molecule has 0 unspecified atom stereocenters. The van der Waals surface area contributed by atoms with Crippen molar-refractivity contribution in [3.05, 3.63) is 0 Å². The molecule has 19 heavy (non-hydrogen) atoms. The molecule has 9 heteroatoms. The first-order valence-electron chi connectivity index (χ1n) is 5.49. The molecule has 2 heterocycles. The van der Waals surface area contributed by atoms with Crippen LogP contribution in [0.15, 0.2) is 4.99 Å². The first kappa shape index (κ1) is 16.8. The number of nitrogens with zero attached hydrogens (tertiary/aromatic N) is 1. The second-order valence-electron chi connectivity index (χ2n) is 4.17. The zero-order valence-electron chi connectivity index (χ0n) is 10.7. The van der Waals surface area contributed by atoms with Gasteiger partial charge >= 0.3 is 29.6 Å². The van der Waals surface area contributed by atoms with Gasteiger partial charge in [-0.05, 0) is 0 Å². The van der Waals surface area contributed by atoms with Gasteiger partial charge < -0.3 is 34.3 Å². The van der Waals surface area contributed by atoms with Crippen LogP contribution in [0.5, 0.6) is 0 Å². The molecule has 8 nitrogen and oxygen atoms in total. The van der Waals surface area contributed by atoms with Crippen molar-refractivity contribution in [1.29, 1.82) is 0 Å². The third-order valence-electron chi connectivity index (χ3n) is 2.79. The van der Waals surface area contributed by atoms with Gasteiger partial charge in [-0.15, -0.1) is 0 Å². The van der Waals surface area contributed by atoms with E-state index in [1.807, 2.05) is 0 Å². The number of aliphatic hydroxyl groups excluding tert-OH is 2. The third-order valence-corrected chi connectivity index (χ3v) is 2.79. The van der Waals surface area contributed by atoms with Gasteiger partial charge in [-0.1, -0.05) is 0 Å². The SMILES string of the molecule is CC1=N[C@H]2[C@@H](O1)O[C@H](COCC(=O)[O-])[C@@H](O)[C@@H]2O.[Na+]. The Morgan fingerprint density at radius 2 is 2.16 bits per heavy atom. The number of hydrogen-bond acceptors (Lipinski definition) is 8. The summed E-state index contributed by atoms with van der Waals surface area (Å²) in [5.74, 6) is -0.998. The number of carboxylic acids is 1. The van der Waals surface area contributed by atoms with Crippen LogP contribution in [0, 0.1) is 0 Å². The molecule has 2 N–H and O–H groups in total. The molecule has 0 saturated carbocycles. The molecule has 5 atom stereocenters. The first-order valence-corrected chi connectivity index (χ1v) is 5.49. The summed E-state index contributed by atoms with van der Waals surface area (Å²) in [5, 5.41) is 29.8. The zero-order valence-corrected chi connectivity index (χ0v) is 12.7. The van der Waals surface area contributed by atoms with Crippen LogP contribution in [0.2, 0.25) is 0 Å². The maximum atomic E-state index is 10.2. The molecule has 2 rings (SSSR count). The molecule has 0 amide bonds. The summed E-state index contributed by atoms with van der Waals surface area (Å²) in [5.41, 5.74) is 0. The average molecular weight is 283 g/mol. The number of fused-ring (bicyclic) bond motifs is 1. The average Bonchev–Trinajstić information content (AvgIpc) is 2.66. The third kappa shape index (κ3) is 3.88. The molecule has 2 aliphatic rings. The Hall–Kier alpha value is -0.220. The van der Waals surface area contributed by atoms with E-state index in [1.165, 1.54) is 0 Å². The Labute approximate surface area is 131 Å². The summed E-state index contributed by atoms with van der Waals surface area (Å²) in [4.78, 5) is 14.2. The minimum absolute atomic E-state index is 0. The van der Waals surface area contributed by atoms with Crippen molar-refractivity contribution in [3.63, 3.8) is 0 Å². The zero-order chi connectivity index (χ0) is 13.3. The van der Waals surface area contributed by atoms with Crippen LogP contribution in [0.25, 0.3) is 0 Å². The van der Waals surface area contributed by atoms with Crippen LogP contribution in [0.1, 0.15) is 6.92 Å². The molecule has 0 radical (unpaired) electrons. The van der Waals surface area contributed by atoms with Gasteiger partial charge in [-0.2, -0.15) is 0 Å². The van der Waals surface area contributed by atoms with Crippen LogP contribution in [0.4, 0.5) is 0 Å². The molecule has 2 aliphatic heterocycles. The van der Waals surface area contributed by atoms with E-state index in [-0.39, 0.29) is 36.2 Å².